The van der Waals surface area contributed by atoms with Gasteiger partial charge in [0, 0.05) is 18.6 Å². The van der Waals surface area contributed by atoms with Crippen LogP contribution in [-0.4, -0.2) is 20.5 Å². The highest BCUT2D eigenvalue weighted by Crippen LogP contribution is 2.17. The van der Waals surface area contributed by atoms with Gasteiger partial charge in [-0.1, -0.05) is 11.6 Å². The summed E-state index contributed by atoms with van der Waals surface area (Å²) >= 11 is 5.73. The molecule has 0 aliphatic carbocycles. The van der Waals surface area contributed by atoms with Crippen LogP contribution in [0.3, 0.4) is 0 Å². The number of halogens is 1. The molecule has 0 unspecified atom stereocenters. The number of rotatable bonds is 1. The van der Waals surface area contributed by atoms with Crippen LogP contribution in [0.15, 0.2) is 24.7 Å². The highest BCUT2D eigenvalue weighted by atomic mass is 35.5. The molecule has 4 nitrogen and oxygen atoms in total. The number of hydrogen-bond acceptors (Lipinski definition) is 2. The Morgan fingerprint density at radius 2 is 2.38 bits per heavy atom. The lowest BCUT2D eigenvalue weighted by molar-refractivity contribution is 0.0697. The number of fused-ring (bicyclic) bond motifs is 1. The average Bonchev–Trinajstić information content (AvgIpc) is 2.48. The quantitative estimate of drug-likeness (QED) is 0.755. The summed E-state index contributed by atoms with van der Waals surface area (Å²) < 4.78 is 1.66. The molecule has 0 aliphatic rings. The lowest BCUT2D eigenvalue weighted by Gasteiger charge is -1.99. The number of imidazole rings is 1. The van der Waals surface area contributed by atoms with E-state index in [9.17, 15) is 4.79 Å². The van der Waals surface area contributed by atoms with Gasteiger partial charge in [-0.15, -0.1) is 0 Å². The van der Waals surface area contributed by atoms with E-state index in [4.69, 9.17) is 16.7 Å². The summed E-state index contributed by atoms with van der Waals surface area (Å²) in [5.41, 5.74) is 0.641. The lowest BCUT2D eigenvalue weighted by Crippen LogP contribution is -1.99. The van der Waals surface area contributed by atoms with E-state index < -0.39 is 5.97 Å². The topological polar surface area (TPSA) is 54.6 Å². The number of aromatic nitrogens is 2. The Bertz CT molecular complexity index is 478. The molecular weight excluding hydrogens is 192 g/mol. The molecule has 0 spiro atoms. The molecule has 0 aliphatic heterocycles. The molecule has 66 valence electrons. The van der Waals surface area contributed by atoms with Crippen molar-refractivity contribution in [3.05, 3.63) is 35.2 Å². The second kappa shape index (κ2) is 2.74. The van der Waals surface area contributed by atoms with E-state index in [2.05, 4.69) is 4.98 Å². The third-order valence-electron chi connectivity index (χ3n) is 1.71. The van der Waals surface area contributed by atoms with E-state index >= 15 is 0 Å². The molecular formula is C8H5ClN2O2. The van der Waals surface area contributed by atoms with Crippen LogP contribution in [0.4, 0.5) is 0 Å². The van der Waals surface area contributed by atoms with Crippen LogP contribution >= 0.6 is 11.6 Å². The van der Waals surface area contributed by atoms with Gasteiger partial charge in [0.15, 0.2) is 0 Å². The highest BCUT2D eigenvalue weighted by molar-refractivity contribution is 6.33. The molecule has 2 aromatic rings. The zero-order chi connectivity index (χ0) is 9.42. The molecule has 2 heterocycles. The van der Waals surface area contributed by atoms with E-state index in [1.54, 1.807) is 16.8 Å². The van der Waals surface area contributed by atoms with E-state index in [1.807, 2.05) is 0 Å². The fraction of sp³-hybridized carbons (Fsp3) is 0. The minimum Gasteiger partial charge on any atom is -0.478 e. The van der Waals surface area contributed by atoms with Gasteiger partial charge >= 0.3 is 5.97 Å². The van der Waals surface area contributed by atoms with Gasteiger partial charge in [-0.25, -0.2) is 9.78 Å². The summed E-state index contributed by atoms with van der Waals surface area (Å²) in [6.07, 6.45) is 4.80. The van der Waals surface area contributed by atoms with Crippen molar-refractivity contribution in [1.82, 2.24) is 9.38 Å². The summed E-state index contributed by atoms with van der Waals surface area (Å²) in [6, 6.07) is 1.44. The fourth-order valence-electron chi connectivity index (χ4n) is 1.10. The Kier molecular flexibility index (Phi) is 1.70. The van der Waals surface area contributed by atoms with E-state index in [1.165, 1.54) is 12.3 Å². The van der Waals surface area contributed by atoms with Gasteiger partial charge in [0.25, 0.3) is 0 Å². The van der Waals surface area contributed by atoms with Crippen LogP contribution in [0.25, 0.3) is 5.65 Å². The predicted molar refractivity (Wildman–Crippen MR) is 47.2 cm³/mol. The van der Waals surface area contributed by atoms with Crippen molar-refractivity contribution in [2.45, 2.75) is 0 Å². The standard InChI is InChI=1S/C8H5ClN2O2/c9-6-4-11-2-1-10-7(11)3-5(6)8(12)13/h1-4H,(H,12,13). The molecule has 0 aromatic carbocycles. The Morgan fingerprint density at radius 3 is 3.08 bits per heavy atom. The highest BCUT2D eigenvalue weighted by Gasteiger charge is 2.09. The van der Waals surface area contributed by atoms with Gasteiger partial charge < -0.3 is 9.51 Å². The van der Waals surface area contributed by atoms with Crippen LogP contribution in [0.1, 0.15) is 10.4 Å². The van der Waals surface area contributed by atoms with Crippen LogP contribution in [-0.2, 0) is 0 Å². The molecule has 0 atom stereocenters. The first-order chi connectivity index (χ1) is 6.18. The largest absolute Gasteiger partial charge is 0.478 e. The monoisotopic (exact) mass is 196 g/mol. The number of nitrogens with zero attached hydrogens (tertiary/aromatic N) is 2. The van der Waals surface area contributed by atoms with Gasteiger partial charge in [0.05, 0.1) is 10.6 Å². The Hall–Kier alpha value is -1.55. The SMILES string of the molecule is O=C(O)c1cc2nccn2cc1Cl. The minimum absolute atomic E-state index is 0.0698. The zero-order valence-corrected chi connectivity index (χ0v) is 7.19. The molecule has 0 amide bonds. The molecule has 0 radical (unpaired) electrons. The first-order valence-corrected chi connectivity index (χ1v) is 3.92. The van der Waals surface area contributed by atoms with Gasteiger partial charge in [0.1, 0.15) is 5.65 Å². The lowest BCUT2D eigenvalue weighted by atomic mass is 10.3. The van der Waals surface area contributed by atoms with Gasteiger partial charge in [-0.2, -0.15) is 0 Å². The molecule has 5 heteroatoms. The number of pyridine rings is 1. The van der Waals surface area contributed by atoms with E-state index in [0.717, 1.165) is 0 Å². The number of carbonyl (C=O) groups is 1. The molecule has 13 heavy (non-hydrogen) atoms. The van der Waals surface area contributed by atoms with Gasteiger partial charge in [-0.05, 0) is 6.07 Å². The smallest absolute Gasteiger partial charge is 0.337 e. The summed E-state index contributed by atoms with van der Waals surface area (Å²) in [6.45, 7) is 0. The molecule has 2 aromatic heterocycles. The maximum atomic E-state index is 10.7. The van der Waals surface area contributed by atoms with Crippen molar-refractivity contribution in [2.75, 3.05) is 0 Å². The Morgan fingerprint density at radius 1 is 1.62 bits per heavy atom. The molecule has 2 rings (SSSR count). The first-order valence-electron chi connectivity index (χ1n) is 3.54. The number of hydrogen-bond donors (Lipinski definition) is 1. The van der Waals surface area contributed by atoms with Crippen molar-refractivity contribution >= 4 is 23.2 Å². The first kappa shape index (κ1) is 8.07. The van der Waals surface area contributed by atoms with Gasteiger partial charge in [0.2, 0.25) is 0 Å². The predicted octanol–water partition coefficient (Wildman–Crippen LogP) is 1.69. The summed E-state index contributed by atoms with van der Waals surface area (Å²) in [5.74, 6) is -1.05. The Labute approximate surface area is 78.4 Å². The summed E-state index contributed by atoms with van der Waals surface area (Å²) in [4.78, 5) is 14.6. The third-order valence-corrected chi connectivity index (χ3v) is 2.01. The maximum absolute atomic E-state index is 10.7. The van der Waals surface area contributed by atoms with Gasteiger partial charge in [-0.3, -0.25) is 0 Å². The van der Waals surface area contributed by atoms with Crippen LogP contribution in [0, 0.1) is 0 Å². The number of aromatic carboxylic acids is 1. The van der Waals surface area contributed by atoms with Crippen LogP contribution in [0.5, 0.6) is 0 Å². The van der Waals surface area contributed by atoms with Crippen molar-refractivity contribution < 1.29 is 9.90 Å². The van der Waals surface area contributed by atoms with Crippen LogP contribution < -0.4 is 0 Å². The van der Waals surface area contributed by atoms with E-state index in [-0.39, 0.29) is 10.6 Å². The maximum Gasteiger partial charge on any atom is 0.337 e. The molecule has 0 saturated carbocycles. The average molecular weight is 197 g/mol. The molecule has 1 N–H and O–H groups in total. The van der Waals surface area contributed by atoms with Crippen LogP contribution in [0.2, 0.25) is 5.02 Å². The normalized spacial score (nSPS) is 10.5. The van der Waals surface area contributed by atoms with Crippen molar-refractivity contribution in [2.24, 2.45) is 0 Å². The zero-order valence-electron chi connectivity index (χ0n) is 6.44. The second-order valence-electron chi connectivity index (χ2n) is 2.53. The minimum atomic E-state index is -1.05. The number of carboxylic acid groups (broad SMARTS) is 1. The second-order valence-corrected chi connectivity index (χ2v) is 2.94. The van der Waals surface area contributed by atoms with E-state index in [0.29, 0.717) is 5.65 Å². The third kappa shape index (κ3) is 1.25. The van der Waals surface area contributed by atoms with Crippen molar-refractivity contribution in [3.8, 4) is 0 Å². The summed E-state index contributed by atoms with van der Waals surface area (Å²) in [5, 5.41) is 8.95. The molecule has 0 fully saturated rings. The Balaban J connectivity index is 2.76. The fourth-order valence-corrected chi connectivity index (χ4v) is 1.34. The van der Waals surface area contributed by atoms with Crippen molar-refractivity contribution in [1.29, 1.82) is 0 Å². The molecule has 0 saturated heterocycles. The molecule has 0 bridgehead atoms. The summed E-state index contributed by atoms with van der Waals surface area (Å²) in [7, 11) is 0. The number of carboxylic acids is 1. The van der Waals surface area contributed by atoms with Crippen molar-refractivity contribution in [3.63, 3.8) is 0 Å².